The maximum atomic E-state index is 11.7. The Morgan fingerprint density at radius 2 is 2.12 bits per heavy atom. The minimum Gasteiger partial charge on any atom is -0.478 e. The molecule has 1 aliphatic carbocycles. The highest BCUT2D eigenvalue weighted by Crippen LogP contribution is 2.18. The van der Waals surface area contributed by atoms with Crippen molar-refractivity contribution < 1.29 is 14.7 Å². The van der Waals surface area contributed by atoms with Crippen LogP contribution in [-0.2, 0) is 0 Å². The van der Waals surface area contributed by atoms with Gasteiger partial charge < -0.3 is 10.4 Å². The fourth-order valence-electron chi connectivity index (χ4n) is 1.95. The summed E-state index contributed by atoms with van der Waals surface area (Å²) in [6.07, 6.45) is 5.29. The Morgan fingerprint density at radius 3 is 2.75 bits per heavy atom. The molecule has 1 aromatic rings. The number of carbonyl (C=O) groups is 2. The molecule has 0 unspecified atom stereocenters. The van der Waals surface area contributed by atoms with Crippen LogP contribution in [0.25, 0.3) is 0 Å². The number of aromatic carboxylic acids is 1. The summed E-state index contributed by atoms with van der Waals surface area (Å²) in [5.74, 6) is -1.54. The number of carboxylic acids is 1. The number of carbonyl (C=O) groups excluding carboxylic acids is 1. The van der Waals surface area contributed by atoms with E-state index in [0.29, 0.717) is 0 Å². The summed E-state index contributed by atoms with van der Waals surface area (Å²) in [4.78, 5) is 22.5. The molecule has 0 radical (unpaired) electrons. The zero-order chi connectivity index (χ0) is 11.5. The van der Waals surface area contributed by atoms with Gasteiger partial charge in [0.2, 0.25) is 0 Å². The van der Waals surface area contributed by atoms with Gasteiger partial charge in [-0.25, -0.2) is 4.79 Å². The van der Waals surface area contributed by atoms with Crippen LogP contribution in [0.15, 0.2) is 6.20 Å². The van der Waals surface area contributed by atoms with E-state index < -0.39 is 5.97 Å². The lowest BCUT2D eigenvalue weighted by Gasteiger charge is -2.10. The summed E-state index contributed by atoms with van der Waals surface area (Å²) in [5.41, 5.74) is -0.0603. The zero-order valence-electron chi connectivity index (χ0n) is 8.69. The molecule has 0 saturated heterocycles. The van der Waals surface area contributed by atoms with E-state index in [4.69, 9.17) is 5.11 Å². The first-order chi connectivity index (χ1) is 7.68. The van der Waals surface area contributed by atoms with Gasteiger partial charge >= 0.3 is 5.97 Å². The van der Waals surface area contributed by atoms with Crippen LogP contribution in [0.1, 0.15) is 46.5 Å². The molecule has 0 aliphatic heterocycles. The van der Waals surface area contributed by atoms with Gasteiger partial charge in [-0.3, -0.25) is 9.89 Å². The molecule has 6 nitrogen and oxygen atoms in total. The summed E-state index contributed by atoms with van der Waals surface area (Å²) < 4.78 is 0. The van der Waals surface area contributed by atoms with Crippen molar-refractivity contribution in [3.8, 4) is 0 Å². The lowest BCUT2D eigenvalue weighted by atomic mass is 10.2. The highest BCUT2D eigenvalue weighted by Gasteiger charge is 2.22. The zero-order valence-corrected chi connectivity index (χ0v) is 8.69. The number of nitrogens with zero attached hydrogens (tertiary/aromatic N) is 1. The van der Waals surface area contributed by atoms with Crippen LogP contribution in [0.2, 0.25) is 0 Å². The molecule has 1 saturated carbocycles. The largest absolute Gasteiger partial charge is 0.478 e. The minimum atomic E-state index is -1.15. The summed E-state index contributed by atoms with van der Waals surface area (Å²) in [7, 11) is 0. The van der Waals surface area contributed by atoms with Gasteiger partial charge in [-0.2, -0.15) is 5.10 Å². The van der Waals surface area contributed by atoms with Crippen LogP contribution in [-0.4, -0.2) is 33.2 Å². The lowest BCUT2D eigenvalue weighted by Crippen LogP contribution is -2.33. The fourth-order valence-corrected chi connectivity index (χ4v) is 1.95. The summed E-state index contributed by atoms with van der Waals surface area (Å²) in [5, 5.41) is 17.6. The van der Waals surface area contributed by atoms with Crippen molar-refractivity contribution in [3.05, 3.63) is 17.5 Å². The van der Waals surface area contributed by atoms with E-state index in [-0.39, 0.29) is 23.2 Å². The molecule has 6 heteroatoms. The standard InChI is InChI=1S/C10H13N3O3/c14-9(12-6-3-1-2-4-6)8-7(10(15)16)5-11-13-8/h5-6H,1-4H2,(H,11,13)(H,12,14)(H,15,16). The number of aromatic amines is 1. The van der Waals surface area contributed by atoms with Crippen LogP contribution in [0, 0.1) is 0 Å². The monoisotopic (exact) mass is 223 g/mol. The Kier molecular flexibility index (Phi) is 2.89. The van der Waals surface area contributed by atoms with E-state index in [0.717, 1.165) is 31.9 Å². The van der Waals surface area contributed by atoms with Crippen LogP contribution >= 0.6 is 0 Å². The average molecular weight is 223 g/mol. The first-order valence-corrected chi connectivity index (χ1v) is 5.26. The van der Waals surface area contributed by atoms with E-state index in [1.807, 2.05) is 0 Å². The first kappa shape index (κ1) is 10.7. The Hall–Kier alpha value is -1.85. The molecule has 16 heavy (non-hydrogen) atoms. The molecule has 0 atom stereocenters. The van der Waals surface area contributed by atoms with Gasteiger partial charge in [0, 0.05) is 6.04 Å². The smallest absolute Gasteiger partial charge is 0.339 e. The van der Waals surface area contributed by atoms with E-state index in [9.17, 15) is 9.59 Å². The normalized spacial score (nSPS) is 16.2. The van der Waals surface area contributed by atoms with E-state index in [2.05, 4.69) is 15.5 Å². The Labute approximate surface area is 92.0 Å². The fraction of sp³-hybridized carbons (Fsp3) is 0.500. The van der Waals surface area contributed by atoms with Gasteiger partial charge in [0.05, 0.1) is 6.20 Å². The van der Waals surface area contributed by atoms with E-state index >= 15 is 0 Å². The molecular weight excluding hydrogens is 210 g/mol. The van der Waals surface area contributed by atoms with Crippen molar-refractivity contribution in [2.75, 3.05) is 0 Å². The number of amides is 1. The first-order valence-electron chi connectivity index (χ1n) is 5.26. The summed E-state index contributed by atoms with van der Waals surface area (Å²) in [6, 6.07) is 0.164. The third kappa shape index (κ3) is 2.05. The molecule has 0 spiro atoms. The number of rotatable bonds is 3. The molecule has 1 fully saturated rings. The Bertz CT molecular complexity index is 407. The third-order valence-corrected chi connectivity index (χ3v) is 2.79. The number of nitrogens with one attached hydrogen (secondary N) is 2. The number of aromatic nitrogens is 2. The highest BCUT2D eigenvalue weighted by atomic mass is 16.4. The van der Waals surface area contributed by atoms with Crippen molar-refractivity contribution in [1.29, 1.82) is 0 Å². The Morgan fingerprint density at radius 1 is 1.44 bits per heavy atom. The van der Waals surface area contributed by atoms with Crippen LogP contribution < -0.4 is 5.32 Å². The van der Waals surface area contributed by atoms with Crippen molar-refractivity contribution in [2.45, 2.75) is 31.7 Å². The molecule has 0 aromatic carbocycles. The molecule has 1 heterocycles. The molecule has 1 amide bonds. The van der Waals surface area contributed by atoms with Crippen molar-refractivity contribution in [2.24, 2.45) is 0 Å². The minimum absolute atomic E-state index is 0.0272. The number of hydrogen-bond donors (Lipinski definition) is 3. The SMILES string of the molecule is O=C(O)c1cn[nH]c1C(=O)NC1CCCC1. The molecule has 3 N–H and O–H groups in total. The Balaban J connectivity index is 2.08. The molecular formula is C10H13N3O3. The molecule has 0 bridgehead atoms. The van der Waals surface area contributed by atoms with Gasteiger partial charge in [0.1, 0.15) is 11.3 Å². The molecule has 1 aromatic heterocycles. The maximum absolute atomic E-state index is 11.7. The quantitative estimate of drug-likeness (QED) is 0.705. The predicted octanol–water partition coefficient (Wildman–Crippen LogP) is 0.780. The van der Waals surface area contributed by atoms with Gasteiger partial charge in [0.15, 0.2) is 0 Å². The third-order valence-electron chi connectivity index (χ3n) is 2.79. The predicted molar refractivity (Wildman–Crippen MR) is 55.3 cm³/mol. The van der Waals surface area contributed by atoms with Gasteiger partial charge in [0.25, 0.3) is 5.91 Å². The van der Waals surface area contributed by atoms with Gasteiger partial charge in [-0.15, -0.1) is 0 Å². The topological polar surface area (TPSA) is 95.1 Å². The molecule has 86 valence electrons. The van der Waals surface area contributed by atoms with Crippen LogP contribution in [0.3, 0.4) is 0 Å². The lowest BCUT2D eigenvalue weighted by molar-refractivity contribution is 0.0690. The van der Waals surface area contributed by atoms with Crippen molar-refractivity contribution >= 4 is 11.9 Å². The number of carboxylic acid groups (broad SMARTS) is 1. The maximum Gasteiger partial charge on any atom is 0.339 e. The number of hydrogen-bond acceptors (Lipinski definition) is 3. The van der Waals surface area contributed by atoms with Crippen LogP contribution in [0.5, 0.6) is 0 Å². The van der Waals surface area contributed by atoms with Crippen molar-refractivity contribution in [3.63, 3.8) is 0 Å². The van der Waals surface area contributed by atoms with Crippen LogP contribution in [0.4, 0.5) is 0 Å². The van der Waals surface area contributed by atoms with Gasteiger partial charge in [-0.05, 0) is 12.8 Å². The molecule has 2 rings (SSSR count). The van der Waals surface area contributed by atoms with Gasteiger partial charge in [-0.1, -0.05) is 12.8 Å². The summed E-state index contributed by atoms with van der Waals surface area (Å²) in [6.45, 7) is 0. The summed E-state index contributed by atoms with van der Waals surface area (Å²) >= 11 is 0. The average Bonchev–Trinajstić information content (AvgIpc) is 2.86. The molecule has 1 aliphatic rings. The second-order valence-electron chi connectivity index (χ2n) is 3.92. The second-order valence-corrected chi connectivity index (χ2v) is 3.92. The van der Waals surface area contributed by atoms with E-state index in [1.165, 1.54) is 0 Å². The number of H-pyrrole nitrogens is 1. The van der Waals surface area contributed by atoms with Crippen molar-refractivity contribution in [1.82, 2.24) is 15.5 Å². The highest BCUT2D eigenvalue weighted by molar-refractivity contribution is 6.03. The second kappa shape index (κ2) is 4.34. The van der Waals surface area contributed by atoms with E-state index in [1.54, 1.807) is 0 Å².